The number of fused-ring (bicyclic) bond motifs is 2. The van der Waals surface area contributed by atoms with Crippen molar-refractivity contribution in [2.45, 2.75) is 45.4 Å². The minimum absolute atomic E-state index is 0.0193. The second-order valence-electron chi connectivity index (χ2n) is 8.08. The van der Waals surface area contributed by atoms with Crippen molar-refractivity contribution in [3.8, 4) is 0 Å². The Morgan fingerprint density at radius 1 is 1.00 bits per heavy atom. The summed E-state index contributed by atoms with van der Waals surface area (Å²) in [5, 5.41) is 1.08. The van der Waals surface area contributed by atoms with Crippen LogP contribution in [-0.2, 0) is 11.8 Å². The Kier molecular flexibility index (Phi) is 3.98. The normalized spacial score (nSPS) is 13.4. The van der Waals surface area contributed by atoms with Crippen molar-refractivity contribution in [1.82, 2.24) is 19.9 Å². The van der Waals surface area contributed by atoms with Gasteiger partial charge in [0.1, 0.15) is 11.6 Å². The van der Waals surface area contributed by atoms with Gasteiger partial charge in [0, 0.05) is 22.9 Å². The van der Waals surface area contributed by atoms with Crippen LogP contribution < -0.4 is 0 Å². The molecule has 2 heterocycles. The van der Waals surface area contributed by atoms with Crippen LogP contribution in [0, 0.1) is 0 Å². The third-order valence-corrected chi connectivity index (χ3v) is 4.75. The highest BCUT2D eigenvalue weighted by molar-refractivity contribution is 5.77. The maximum absolute atomic E-state index is 4.78. The molecule has 1 unspecified atom stereocenters. The second kappa shape index (κ2) is 6.20. The zero-order valence-electron chi connectivity index (χ0n) is 15.7. The van der Waals surface area contributed by atoms with Gasteiger partial charge >= 0.3 is 0 Å². The van der Waals surface area contributed by atoms with Gasteiger partial charge < -0.3 is 4.98 Å². The average molecular weight is 344 g/mol. The van der Waals surface area contributed by atoms with Crippen molar-refractivity contribution in [3.63, 3.8) is 0 Å². The smallest absolute Gasteiger partial charge is 0.132 e. The molecule has 0 saturated heterocycles. The van der Waals surface area contributed by atoms with Gasteiger partial charge in [-0.1, -0.05) is 52.0 Å². The molecule has 4 aromatic rings. The number of H-pyrrole nitrogens is 1. The van der Waals surface area contributed by atoms with Gasteiger partial charge in [0.15, 0.2) is 0 Å². The lowest BCUT2D eigenvalue weighted by molar-refractivity contribution is 0.554. The molecule has 0 aliphatic rings. The lowest BCUT2D eigenvalue weighted by Gasteiger charge is -2.13. The zero-order chi connectivity index (χ0) is 18.3. The maximum atomic E-state index is 4.78. The Labute approximate surface area is 153 Å². The van der Waals surface area contributed by atoms with Gasteiger partial charge in [0.2, 0.25) is 0 Å². The minimum atomic E-state index is 0.0193. The summed E-state index contributed by atoms with van der Waals surface area (Å²) in [6.45, 7) is 8.69. The Bertz CT molecular complexity index is 1070. The number of para-hydroxylation sites is 1. The van der Waals surface area contributed by atoms with Gasteiger partial charge in [-0.15, -0.1) is 0 Å². The highest BCUT2D eigenvalue weighted by Crippen LogP contribution is 2.25. The lowest BCUT2D eigenvalue weighted by atomic mass is 9.96. The van der Waals surface area contributed by atoms with Crippen LogP contribution in [0.25, 0.3) is 21.9 Å². The number of rotatable bonds is 3. The summed E-state index contributed by atoms with van der Waals surface area (Å²) < 4.78 is 0. The molecule has 1 N–H and O–H groups in total. The second-order valence-corrected chi connectivity index (χ2v) is 8.08. The quantitative estimate of drug-likeness (QED) is 0.559. The lowest BCUT2D eigenvalue weighted by Crippen LogP contribution is -2.12. The van der Waals surface area contributed by atoms with Crippen molar-refractivity contribution in [2.75, 3.05) is 0 Å². The SMILES string of the molecule is CC(Cc1ccc2[nH]c(C(C)(C)C)nc2c1)c1ncc2ccccc2n1. The van der Waals surface area contributed by atoms with E-state index in [2.05, 4.69) is 55.9 Å². The molecule has 0 fully saturated rings. The van der Waals surface area contributed by atoms with E-state index in [0.717, 1.165) is 40.0 Å². The van der Waals surface area contributed by atoms with E-state index in [1.807, 2.05) is 30.5 Å². The summed E-state index contributed by atoms with van der Waals surface area (Å²) in [5.74, 6) is 2.16. The molecular weight excluding hydrogens is 320 g/mol. The zero-order valence-corrected chi connectivity index (χ0v) is 15.7. The van der Waals surface area contributed by atoms with E-state index in [1.54, 1.807) is 0 Å². The van der Waals surface area contributed by atoms with Gasteiger partial charge in [-0.2, -0.15) is 0 Å². The summed E-state index contributed by atoms with van der Waals surface area (Å²) in [7, 11) is 0. The third kappa shape index (κ3) is 3.19. The molecule has 2 aromatic heterocycles. The summed E-state index contributed by atoms with van der Waals surface area (Å²) in [5.41, 5.74) is 4.40. The van der Waals surface area contributed by atoms with E-state index in [4.69, 9.17) is 9.97 Å². The number of nitrogens with one attached hydrogen (secondary N) is 1. The number of aromatic nitrogens is 4. The monoisotopic (exact) mass is 344 g/mol. The van der Waals surface area contributed by atoms with E-state index in [0.29, 0.717) is 0 Å². The number of imidazole rings is 1. The molecule has 1 atom stereocenters. The van der Waals surface area contributed by atoms with Crippen molar-refractivity contribution in [1.29, 1.82) is 0 Å². The van der Waals surface area contributed by atoms with Crippen molar-refractivity contribution >= 4 is 21.9 Å². The fourth-order valence-corrected chi connectivity index (χ4v) is 3.20. The molecule has 2 aromatic carbocycles. The molecule has 0 amide bonds. The first-order valence-electron chi connectivity index (χ1n) is 9.11. The predicted octanol–water partition coefficient (Wildman–Crippen LogP) is 5.15. The topological polar surface area (TPSA) is 54.5 Å². The van der Waals surface area contributed by atoms with Crippen LogP contribution in [-0.4, -0.2) is 19.9 Å². The Morgan fingerprint density at radius 3 is 2.62 bits per heavy atom. The van der Waals surface area contributed by atoms with E-state index >= 15 is 0 Å². The van der Waals surface area contributed by atoms with E-state index in [9.17, 15) is 0 Å². The van der Waals surface area contributed by atoms with Gasteiger partial charge in [-0.25, -0.2) is 15.0 Å². The number of aromatic amines is 1. The molecule has 0 bridgehead atoms. The predicted molar refractivity (Wildman–Crippen MR) is 106 cm³/mol. The van der Waals surface area contributed by atoms with Gasteiger partial charge in [-0.3, -0.25) is 0 Å². The van der Waals surface area contributed by atoms with Gasteiger partial charge in [0.05, 0.1) is 16.6 Å². The van der Waals surface area contributed by atoms with Crippen molar-refractivity contribution in [3.05, 3.63) is 65.9 Å². The van der Waals surface area contributed by atoms with Gasteiger partial charge in [0.25, 0.3) is 0 Å². The first kappa shape index (κ1) is 16.7. The van der Waals surface area contributed by atoms with E-state index in [1.165, 1.54) is 5.56 Å². The molecule has 0 aliphatic heterocycles. The highest BCUT2D eigenvalue weighted by atomic mass is 14.9. The number of hydrogen-bond acceptors (Lipinski definition) is 3. The Morgan fingerprint density at radius 2 is 1.81 bits per heavy atom. The molecule has 26 heavy (non-hydrogen) atoms. The third-order valence-electron chi connectivity index (χ3n) is 4.75. The maximum Gasteiger partial charge on any atom is 0.132 e. The van der Waals surface area contributed by atoms with Crippen molar-refractivity contribution < 1.29 is 0 Å². The fraction of sp³-hybridized carbons (Fsp3) is 0.318. The molecule has 4 heteroatoms. The van der Waals surface area contributed by atoms with Crippen molar-refractivity contribution in [2.24, 2.45) is 0 Å². The Balaban J connectivity index is 1.60. The highest BCUT2D eigenvalue weighted by Gasteiger charge is 2.18. The van der Waals surface area contributed by atoms with Gasteiger partial charge in [-0.05, 0) is 30.2 Å². The minimum Gasteiger partial charge on any atom is -0.342 e. The molecule has 0 radical (unpaired) electrons. The number of benzene rings is 2. The van der Waals surface area contributed by atoms with Crippen LogP contribution >= 0.6 is 0 Å². The molecule has 0 aliphatic carbocycles. The molecular formula is C22H24N4. The van der Waals surface area contributed by atoms with Crippen LogP contribution in [0.1, 0.15) is 50.8 Å². The molecule has 4 rings (SSSR count). The molecule has 0 spiro atoms. The molecule has 132 valence electrons. The summed E-state index contributed by atoms with van der Waals surface area (Å²) in [6.07, 6.45) is 2.81. The molecule has 4 nitrogen and oxygen atoms in total. The Hall–Kier alpha value is -2.75. The molecule has 0 saturated carbocycles. The first-order chi connectivity index (χ1) is 12.4. The average Bonchev–Trinajstić information content (AvgIpc) is 3.05. The number of nitrogens with zero attached hydrogens (tertiary/aromatic N) is 3. The standard InChI is InChI=1S/C22H24N4/c1-14(20-23-13-16-7-5-6-8-17(16)24-20)11-15-9-10-18-19(12-15)26-21(25-18)22(2,3)4/h5-10,12-14H,11H2,1-4H3,(H,25,26). The number of hydrogen-bond donors (Lipinski definition) is 1. The fourth-order valence-electron chi connectivity index (χ4n) is 3.20. The van der Waals surface area contributed by atoms with E-state index in [-0.39, 0.29) is 11.3 Å². The van der Waals surface area contributed by atoms with E-state index < -0.39 is 0 Å². The summed E-state index contributed by atoms with van der Waals surface area (Å²) in [4.78, 5) is 17.5. The van der Waals surface area contributed by atoms with Crippen LogP contribution in [0.3, 0.4) is 0 Å². The first-order valence-corrected chi connectivity index (χ1v) is 9.11. The summed E-state index contributed by atoms with van der Waals surface area (Å²) >= 11 is 0. The summed E-state index contributed by atoms with van der Waals surface area (Å²) in [6, 6.07) is 14.6. The van der Waals surface area contributed by atoms with Crippen LogP contribution in [0.2, 0.25) is 0 Å². The van der Waals surface area contributed by atoms with Crippen LogP contribution in [0.15, 0.2) is 48.7 Å². The largest absolute Gasteiger partial charge is 0.342 e. The van der Waals surface area contributed by atoms with Crippen LogP contribution in [0.5, 0.6) is 0 Å². The van der Waals surface area contributed by atoms with Crippen LogP contribution in [0.4, 0.5) is 0 Å².